The Hall–Kier alpha value is -4.32. The maximum absolute atomic E-state index is 12.6. The number of nitrogens with zero attached hydrogens (tertiary/aromatic N) is 4. The molecule has 0 aliphatic heterocycles. The quantitative estimate of drug-likeness (QED) is 0.267. The summed E-state index contributed by atoms with van der Waals surface area (Å²) in [6.07, 6.45) is 8.21. The van der Waals surface area contributed by atoms with Crippen LogP contribution in [0.4, 0.5) is 0 Å². The van der Waals surface area contributed by atoms with Gasteiger partial charge in [0.1, 0.15) is 12.4 Å². The van der Waals surface area contributed by atoms with Crippen molar-refractivity contribution in [3.63, 3.8) is 0 Å². The first kappa shape index (κ1) is 21.5. The van der Waals surface area contributed by atoms with Gasteiger partial charge in [-0.2, -0.15) is 0 Å². The van der Waals surface area contributed by atoms with Crippen LogP contribution in [0.2, 0.25) is 0 Å². The molecule has 0 spiro atoms. The Labute approximate surface area is 197 Å². The van der Waals surface area contributed by atoms with E-state index in [1.165, 1.54) is 0 Å². The van der Waals surface area contributed by atoms with Gasteiger partial charge >= 0.3 is 0 Å². The Kier molecular flexibility index (Phi) is 6.12. The molecule has 0 saturated heterocycles. The maximum Gasteiger partial charge on any atom is 0.204 e. The average molecular weight is 449 g/mol. The summed E-state index contributed by atoms with van der Waals surface area (Å²) in [4.78, 5) is 25.3. The monoisotopic (exact) mass is 448 g/mol. The second-order valence-electron chi connectivity index (χ2n) is 8.26. The number of ketones is 2. The standard InChI is InChI=1S/C28H24N4O2/c33-27(13-15-31-19-25-7-3-1-5-23(25)17-29-31)21-9-11-22(12-10-21)28(34)14-16-32-20-26-8-4-2-6-24(26)18-30-32/h1-12,17-20H,13-16H2/q+2. The molecule has 0 fully saturated rings. The van der Waals surface area contributed by atoms with Crippen LogP contribution in [-0.4, -0.2) is 21.8 Å². The summed E-state index contributed by atoms with van der Waals surface area (Å²) in [7, 11) is 0. The first-order valence-electron chi connectivity index (χ1n) is 11.3. The number of Topliss-reactive ketones (excluding diaryl/α,β-unsaturated/α-hetero) is 2. The number of benzene rings is 3. The van der Waals surface area contributed by atoms with Gasteiger partial charge in [-0.25, -0.2) is 0 Å². The van der Waals surface area contributed by atoms with Crippen molar-refractivity contribution in [3.8, 4) is 0 Å². The molecule has 0 radical (unpaired) electrons. The number of aryl methyl sites for hydroxylation is 2. The summed E-state index contributed by atoms with van der Waals surface area (Å²) < 4.78 is 3.58. The van der Waals surface area contributed by atoms with Crippen LogP contribution in [0.3, 0.4) is 0 Å². The summed E-state index contributed by atoms with van der Waals surface area (Å²) in [6, 6.07) is 22.9. The lowest BCUT2D eigenvalue weighted by molar-refractivity contribution is -0.751. The second-order valence-corrected chi connectivity index (χ2v) is 8.26. The SMILES string of the molecule is O=C(CC[n+]1cc2ccccc2cn1)c1ccc(C(=O)CC[n+]2cc3ccccc3cn2)cc1. The number of hydrogen-bond donors (Lipinski definition) is 0. The van der Waals surface area contributed by atoms with Gasteiger partial charge in [-0.05, 0) is 22.3 Å². The van der Waals surface area contributed by atoms with E-state index in [0.29, 0.717) is 37.1 Å². The highest BCUT2D eigenvalue weighted by Gasteiger charge is 2.14. The molecule has 0 aliphatic rings. The van der Waals surface area contributed by atoms with Gasteiger partial charge < -0.3 is 0 Å². The third-order valence-corrected chi connectivity index (χ3v) is 5.92. The molecular formula is C28H24N4O2+2. The smallest absolute Gasteiger partial charge is 0.204 e. The van der Waals surface area contributed by atoms with Crippen molar-refractivity contribution in [2.75, 3.05) is 0 Å². The molecular weight excluding hydrogens is 424 g/mol. The van der Waals surface area contributed by atoms with Crippen molar-refractivity contribution >= 4 is 33.1 Å². The first-order valence-corrected chi connectivity index (χ1v) is 11.3. The highest BCUT2D eigenvalue weighted by atomic mass is 16.1. The molecule has 5 aromatic rings. The Morgan fingerprint density at radius 2 is 0.941 bits per heavy atom. The number of carbonyl (C=O) groups is 2. The highest BCUT2D eigenvalue weighted by molar-refractivity contribution is 5.99. The lowest BCUT2D eigenvalue weighted by atomic mass is 10.0. The lowest BCUT2D eigenvalue weighted by Gasteiger charge is -2.02. The van der Waals surface area contributed by atoms with Crippen LogP contribution in [0.5, 0.6) is 0 Å². The minimum Gasteiger partial charge on any atom is -0.294 e. The molecule has 5 rings (SSSR count). The molecule has 0 unspecified atom stereocenters. The summed E-state index contributed by atoms with van der Waals surface area (Å²) >= 11 is 0. The van der Waals surface area contributed by atoms with Crippen molar-refractivity contribution in [2.24, 2.45) is 0 Å². The van der Waals surface area contributed by atoms with E-state index >= 15 is 0 Å². The van der Waals surface area contributed by atoms with E-state index in [-0.39, 0.29) is 11.6 Å². The number of carbonyl (C=O) groups excluding carboxylic acids is 2. The second kappa shape index (κ2) is 9.67. The Balaban J connectivity index is 1.17. The molecule has 6 nitrogen and oxygen atoms in total. The molecule has 6 heteroatoms. The third-order valence-electron chi connectivity index (χ3n) is 5.92. The molecule has 0 saturated carbocycles. The van der Waals surface area contributed by atoms with E-state index < -0.39 is 0 Å². The zero-order valence-corrected chi connectivity index (χ0v) is 18.7. The van der Waals surface area contributed by atoms with Crippen molar-refractivity contribution in [2.45, 2.75) is 25.9 Å². The fraction of sp³-hybridized carbons (Fsp3) is 0.143. The van der Waals surface area contributed by atoms with Crippen LogP contribution in [0, 0.1) is 0 Å². The van der Waals surface area contributed by atoms with E-state index in [2.05, 4.69) is 10.2 Å². The van der Waals surface area contributed by atoms with Crippen LogP contribution < -0.4 is 9.36 Å². The Morgan fingerprint density at radius 1 is 0.559 bits per heavy atom. The van der Waals surface area contributed by atoms with Gasteiger partial charge in [0.25, 0.3) is 0 Å². The van der Waals surface area contributed by atoms with Crippen LogP contribution in [0.1, 0.15) is 33.6 Å². The van der Waals surface area contributed by atoms with E-state index in [4.69, 9.17) is 0 Å². The van der Waals surface area contributed by atoms with Gasteiger partial charge in [0, 0.05) is 32.7 Å². The third kappa shape index (κ3) is 4.86. The molecule has 166 valence electrons. The van der Waals surface area contributed by atoms with Gasteiger partial charge in [-0.1, -0.05) is 70.0 Å². The van der Waals surface area contributed by atoms with Gasteiger partial charge in [-0.3, -0.25) is 9.59 Å². The van der Waals surface area contributed by atoms with Crippen molar-refractivity contribution < 1.29 is 19.0 Å². The summed E-state index contributed by atoms with van der Waals surface area (Å²) in [5.74, 6) is 0.0507. The van der Waals surface area contributed by atoms with Gasteiger partial charge in [-0.15, -0.1) is 0 Å². The molecule has 0 amide bonds. The van der Waals surface area contributed by atoms with Crippen LogP contribution in [0.25, 0.3) is 21.5 Å². The fourth-order valence-corrected chi connectivity index (χ4v) is 3.96. The van der Waals surface area contributed by atoms with E-state index in [0.717, 1.165) is 21.5 Å². The molecule has 0 bridgehead atoms. The van der Waals surface area contributed by atoms with E-state index in [1.54, 1.807) is 33.6 Å². The Bertz CT molecular complexity index is 1380. The van der Waals surface area contributed by atoms with E-state index in [9.17, 15) is 9.59 Å². The fourth-order valence-electron chi connectivity index (χ4n) is 3.96. The van der Waals surface area contributed by atoms with Crippen LogP contribution in [-0.2, 0) is 13.1 Å². The summed E-state index contributed by atoms with van der Waals surface area (Å²) in [5.41, 5.74) is 1.20. The number of rotatable bonds is 8. The van der Waals surface area contributed by atoms with Crippen LogP contribution >= 0.6 is 0 Å². The first-order chi connectivity index (χ1) is 16.7. The van der Waals surface area contributed by atoms with E-state index in [1.807, 2.05) is 73.3 Å². The average Bonchev–Trinajstić information content (AvgIpc) is 2.90. The predicted octanol–water partition coefficient (Wildman–Crippen LogP) is 3.90. The zero-order valence-electron chi connectivity index (χ0n) is 18.7. The van der Waals surface area contributed by atoms with Crippen molar-refractivity contribution in [1.29, 1.82) is 0 Å². The minimum atomic E-state index is 0.0253. The lowest BCUT2D eigenvalue weighted by Crippen LogP contribution is -2.38. The van der Waals surface area contributed by atoms with Gasteiger partial charge in [0.15, 0.2) is 24.7 Å². The summed E-state index contributed by atoms with van der Waals surface area (Å²) in [5, 5.41) is 13.1. The largest absolute Gasteiger partial charge is 0.294 e. The molecule has 0 atom stereocenters. The number of fused-ring (bicyclic) bond motifs is 2. The highest BCUT2D eigenvalue weighted by Crippen LogP contribution is 2.12. The van der Waals surface area contributed by atoms with Crippen molar-refractivity contribution in [3.05, 3.63) is 109 Å². The molecule has 0 aliphatic carbocycles. The molecule has 3 aromatic carbocycles. The molecule has 0 N–H and O–H groups in total. The Morgan fingerprint density at radius 3 is 1.35 bits per heavy atom. The zero-order chi connectivity index (χ0) is 23.3. The molecule has 2 heterocycles. The maximum atomic E-state index is 12.6. The topological polar surface area (TPSA) is 67.7 Å². The minimum absolute atomic E-state index is 0.0253. The van der Waals surface area contributed by atoms with Gasteiger partial charge in [0.05, 0.1) is 12.8 Å². The predicted molar refractivity (Wildman–Crippen MR) is 128 cm³/mol. The molecule has 34 heavy (non-hydrogen) atoms. The summed E-state index contributed by atoms with van der Waals surface area (Å²) in [6.45, 7) is 1.00. The van der Waals surface area contributed by atoms with Crippen molar-refractivity contribution in [1.82, 2.24) is 10.2 Å². The molecule has 2 aromatic heterocycles. The normalized spacial score (nSPS) is 11.1. The van der Waals surface area contributed by atoms with Gasteiger partial charge in [0.2, 0.25) is 12.4 Å². The number of aromatic nitrogens is 4. The van der Waals surface area contributed by atoms with Crippen LogP contribution in [0.15, 0.2) is 97.6 Å². The number of hydrogen-bond acceptors (Lipinski definition) is 4.